The normalized spacial score (nSPS) is 12.5. The summed E-state index contributed by atoms with van der Waals surface area (Å²) in [6.07, 6.45) is 3.24. The van der Waals surface area contributed by atoms with Crippen LogP contribution < -0.4 is 0 Å². The maximum atomic E-state index is 5.81. The van der Waals surface area contributed by atoms with Gasteiger partial charge in [0.2, 0.25) is 0 Å². The first-order valence-electron chi connectivity index (χ1n) is 7.67. The van der Waals surface area contributed by atoms with Crippen LogP contribution in [0.1, 0.15) is 28.2 Å². The van der Waals surface area contributed by atoms with Crippen LogP contribution in [0.3, 0.4) is 0 Å². The Hall–Kier alpha value is -1.66. The van der Waals surface area contributed by atoms with Crippen LogP contribution in [0.4, 0.5) is 0 Å². The number of allylic oxidation sites excluding steroid dienone is 1. The summed E-state index contributed by atoms with van der Waals surface area (Å²) in [5.74, 6) is 1.96. The van der Waals surface area contributed by atoms with Crippen LogP contribution in [0.5, 0.6) is 0 Å². The van der Waals surface area contributed by atoms with Gasteiger partial charge in [-0.2, -0.15) is 0 Å². The van der Waals surface area contributed by atoms with Crippen molar-refractivity contribution in [3.05, 3.63) is 82.8 Å². The van der Waals surface area contributed by atoms with Gasteiger partial charge in [-0.25, -0.2) is 0 Å². The van der Waals surface area contributed by atoms with Gasteiger partial charge in [0.25, 0.3) is 0 Å². The van der Waals surface area contributed by atoms with Crippen LogP contribution in [0.15, 0.2) is 59.0 Å². The number of hydrogen-bond donors (Lipinski definition) is 0. The molecule has 0 spiro atoms. The van der Waals surface area contributed by atoms with Crippen LogP contribution >= 0.6 is 0 Å². The molecule has 3 aromatic rings. The molecule has 112 valence electrons. The fourth-order valence-electron chi connectivity index (χ4n) is 3.27. The van der Waals surface area contributed by atoms with Crippen molar-refractivity contribution in [3.63, 3.8) is 0 Å². The molecular weight excluding hydrogens is 359 g/mol. The van der Waals surface area contributed by atoms with E-state index >= 15 is 0 Å². The minimum absolute atomic E-state index is 0. The summed E-state index contributed by atoms with van der Waals surface area (Å²) in [6.45, 7) is 4.18. The molecular formula is C21H18OZr. The minimum Gasteiger partial charge on any atom is -0.462 e. The third-order valence-electron chi connectivity index (χ3n) is 4.36. The summed E-state index contributed by atoms with van der Waals surface area (Å²) in [6, 6.07) is 19.2. The van der Waals surface area contributed by atoms with E-state index < -0.39 is 0 Å². The number of aryl methyl sites for hydroxylation is 2. The third kappa shape index (κ3) is 2.93. The van der Waals surface area contributed by atoms with E-state index in [4.69, 9.17) is 4.42 Å². The Balaban J connectivity index is 0.00000156. The smallest absolute Gasteiger partial charge is 0.130 e. The van der Waals surface area contributed by atoms with E-state index in [1.807, 2.05) is 13.0 Å². The van der Waals surface area contributed by atoms with Gasteiger partial charge in [-0.15, -0.1) is 0 Å². The van der Waals surface area contributed by atoms with Gasteiger partial charge in [0.05, 0.1) is 0 Å². The summed E-state index contributed by atoms with van der Waals surface area (Å²) in [5.41, 5.74) is 7.94. The third-order valence-corrected chi connectivity index (χ3v) is 4.36. The summed E-state index contributed by atoms with van der Waals surface area (Å²) in [7, 11) is 0. The first kappa shape index (κ1) is 16.2. The van der Waals surface area contributed by atoms with Crippen molar-refractivity contribution >= 4 is 11.6 Å². The molecule has 0 unspecified atom stereocenters. The average Bonchev–Trinajstić information content (AvgIpc) is 3.14. The molecule has 2 heteroatoms. The van der Waals surface area contributed by atoms with Gasteiger partial charge in [0.15, 0.2) is 0 Å². The predicted molar refractivity (Wildman–Crippen MR) is 91.6 cm³/mol. The van der Waals surface area contributed by atoms with Gasteiger partial charge >= 0.3 is 0 Å². The summed E-state index contributed by atoms with van der Waals surface area (Å²) >= 11 is 0. The van der Waals surface area contributed by atoms with Crippen molar-refractivity contribution < 1.29 is 30.6 Å². The van der Waals surface area contributed by atoms with Crippen LogP contribution in [0, 0.1) is 13.8 Å². The zero-order valence-electron chi connectivity index (χ0n) is 13.4. The Morgan fingerprint density at radius 1 is 0.870 bits per heavy atom. The van der Waals surface area contributed by atoms with Crippen molar-refractivity contribution in [1.29, 1.82) is 0 Å². The Kier molecular flexibility index (Phi) is 4.55. The molecule has 0 N–H and O–H groups in total. The number of benzene rings is 2. The van der Waals surface area contributed by atoms with Gasteiger partial charge in [-0.05, 0) is 65.4 Å². The van der Waals surface area contributed by atoms with Gasteiger partial charge in [0, 0.05) is 32.6 Å². The van der Waals surface area contributed by atoms with E-state index in [1.54, 1.807) is 0 Å². The molecule has 4 rings (SSSR count). The van der Waals surface area contributed by atoms with E-state index in [-0.39, 0.29) is 26.2 Å². The molecule has 2 aromatic carbocycles. The van der Waals surface area contributed by atoms with Gasteiger partial charge in [-0.3, -0.25) is 0 Å². The molecule has 1 aromatic heterocycles. The van der Waals surface area contributed by atoms with Crippen molar-refractivity contribution in [3.8, 4) is 11.1 Å². The molecule has 0 fully saturated rings. The van der Waals surface area contributed by atoms with E-state index in [2.05, 4.69) is 61.5 Å². The van der Waals surface area contributed by atoms with Crippen LogP contribution in [-0.2, 0) is 32.6 Å². The maximum Gasteiger partial charge on any atom is 0.130 e. The molecule has 0 saturated carbocycles. The predicted octanol–water partition coefficient (Wildman–Crippen LogP) is 5.66. The van der Waals surface area contributed by atoms with E-state index in [0.717, 1.165) is 17.9 Å². The molecule has 0 aliphatic heterocycles. The van der Waals surface area contributed by atoms with Gasteiger partial charge < -0.3 is 4.42 Å². The molecule has 0 bridgehead atoms. The largest absolute Gasteiger partial charge is 0.462 e. The number of fused-ring (bicyclic) bond motifs is 1. The second kappa shape index (κ2) is 6.45. The zero-order valence-corrected chi connectivity index (χ0v) is 15.8. The Morgan fingerprint density at radius 2 is 1.65 bits per heavy atom. The summed E-state index contributed by atoms with van der Waals surface area (Å²) in [5, 5.41) is 0. The standard InChI is InChI=1S/C21H18O.Zr/c1-14-8-10-17-12-18(20-11-9-15(2)22-20)13-19(17)21(14)16-6-4-3-5-7-16;/h3-11,13H,12H2,1-2H3;. The van der Waals surface area contributed by atoms with Gasteiger partial charge in [0.1, 0.15) is 11.5 Å². The van der Waals surface area contributed by atoms with Crippen LogP contribution in [0.25, 0.3) is 22.8 Å². The maximum absolute atomic E-state index is 5.81. The monoisotopic (exact) mass is 376 g/mol. The van der Waals surface area contributed by atoms with Crippen molar-refractivity contribution in [2.24, 2.45) is 0 Å². The Morgan fingerprint density at radius 3 is 2.35 bits per heavy atom. The molecule has 0 atom stereocenters. The van der Waals surface area contributed by atoms with E-state index in [9.17, 15) is 0 Å². The Labute approximate surface area is 156 Å². The fourth-order valence-corrected chi connectivity index (χ4v) is 3.27. The van der Waals surface area contributed by atoms with Crippen LogP contribution in [-0.4, -0.2) is 0 Å². The van der Waals surface area contributed by atoms with Crippen molar-refractivity contribution in [1.82, 2.24) is 0 Å². The summed E-state index contributed by atoms with van der Waals surface area (Å²) < 4.78 is 5.81. The Bertz CT molecular complexity index is 872. The van der Waals surface area contributed by atoms with E-state index in [1.165, 1.54) is 33.4 Å². The molecule has 23 heavy (non-hydrogen) atoms. The molecule has 1 nitrogen and oxygen atoms in total. The quantitative estimate of drug-likeness (QED) is 0.562. The first-order valence-corrected chi connectivity index (χ1v) is 7.67. The zero-order chi connectivity index (χ0) is 15.1. The summed E-state index contributed by atoms with van der Waals surface area (Å²) in [4.78, 5) is 0. The SMILES string of the molecule is Cc1ccc(C2=Cc3c(ccc(C)c3-c3ccccc3)C2)o1.[Zr]. The number of furan rings is 1. The molecule has 1 aliphatic carbocycles. The second-order valence-electron chi connectivity index (χ2n) is 5.95. The fraction of sp³-hybridized carbons (Fsp3) is 0.143. The second-order valence-corrected chi connectivity index (χ2v) is 5.95. The van der Waals surface area contributed by atoms with Crippen molar-refractivity contribution in [2.75, 3.05) is 0 Å². The average molecular weight is 378 g/mol. The minimum atomic E-state index is 0. The molecule has 0 radical (unpaired) electrons. The molecule has 1 aliphatic rings. The first-order chi connectivity index (χ1) is 10.7. The number of hydrogen-bond acceptors (Lipinski definition) is 1. The van der Waals surface area contributed by atoms with Crippen molar-refractivity contribution in [2.45, 2.75) is 20.3 Å². The topological polar surface area (TPSA) is 13.1 Å². The number of rotatable bonds is 2. The van der Waals surface area contributed by atoms with Gasteiger partial charge in [-0.1, -0.05) is 42.5 Å². The molecule has 1 heterocycles. The van der Waals surface area contributed by atoms with Crippen LogP contribution in [0.2, 0.25) is 0 Å². The molecule has 0 saturated heterocycles. The van der Waals surface area contributed by atoms with E-state index in [0.29, 0.717) is 0 Å². The molecule has 0 amide bonds.